The molecule has 0 aromatic rings. The molecule has 0 saturated heterocycles. The highest BCUT2D eigenvalue weighted by molar-refractivity contribution is 3.79. The van der Waals surface area contributed by atoms with Gasteiger partial charge in [-0.05, 0) is 0 Å². The second kappa shape index (κ2) is 7.08. The Labute approximate surface area is 76.1 Å². The molecule has 0 aliphatic heterocycles. The van der Waals surface area contributed by atoms with Crippen molar-refractivity contribution in [3.05, 3.63) is 0 Å². The standard InChI is InChI=1S/C4H16N5O4/c1-5-10-9(11-6-2,12-7-3)13-8-4/h5-8H,1-4H3/q+1. The average molecular weight is 198 g/mol. The second-order valence-electron chi connectivity index (χ2n) is 1.63. The number of hydroxylamine groups is 4. The first-order valence-corrected chi connectivity index (χ1v) is 3.55. The van der Waals surface area contributed by atoms with E-state index in [1.54, 1.807) is 0 Å². The van der Waals surface area contributed by atoms with Gasteiger partial charge in [0, 0.05) is 47.9 Å². The van der Waals surface area contributed by atoms with E-state index in [9.17, 15) is 0 Å². The van der Waals surface area contributed by atoms with Crippen LogP contribution in [0.4, 0.5) is 0 Å². The third-order valence-corrected chi connectivity index (χ3v) is 0.812. The Bertz CT molecular complexity index is 95.6. The molecular formula is C4H16N5O4+. The van der Waals surface area contributed by atoms with Gasteiger partial charge in [-0.1, -0.05) is 0 Å². The van der Waals surface area contributed by atoms with Crippen molar-refractivity contribution in [1.29, 1.82) is 0 Å². The van der Waals surface area contributed by atoms with Gasteiger partial charge in [0.05, 0.1) is 0 Å². The Morgan fingerprint density at radius 1 is 0.615 bits per heavy atom. The molecule has 0 aromatic heterocycles. The van der Waals surface area contributed by atoms with Crippen LogP contribution in [0.15, 0.2) is 0 Å². The van der Waals surface area contributed by atoms with Crippen molar-refractivity contribution < 1.29 is 24.9 Å². The predicted octanol–water partition coefficient (Wildman–Crippen LogP) is -1.93. The van der Waals surface area contributed by atoms with Crippen LogP contribution in [0.3, 0.4) is 0 Å². The van der Waals surface area contributed by atoms with Crippen LogP contribution in [0.1, 0.15) is 0 Å². The molecule has 0 fully saturated rings. The normalized spacial score (nSPS) is 12.0. The molecule has 0 amide bonds. The first kappa shape index (κ1) is 12.6. The Morgan fingerprint density at radius 3 is 1.00 bits per heavy atom. The quantitative estimate of drug-likeness (QED) is 0.265. The molecule has 0 aliphatic rings. The molecule has 0 spiro atoms. The fourth-order valence-corrected chi connectivity index (χ4v) is 0.559. The van der Waals surface area contributed by atoms with Crippen LogP contribution in [-0.4, -0.2) is 33.3 Å². The molecular weight excluding hydrogens is 182 g/mol. The van der Waals surface area contributed by atoms with Gasteiger partial charge in [-0.3, -0.25) is 0 Å². The molecule has 13 heavy (non-hydrogen) atoms. The van der Waals surface area contributed by atoms with Crippen molar-refractivity contribution in [2.24, 2.45) is 0 Å². The zero-order chi connectivity index (χ0) is 10.2. The van der Waals surface area contributed by atoms with Crippen molar-refractivity contribution in [2.75, 3.05) is 28.2 Å². The lowest BCUT2D eigenvalue weighted by Crippen LogP contribution is -2.56. The van der Waals surface area contributed by atoms with E-state index in [1.807, 2.05) is 0 Å². The minimum absolute atomic E-state index is 1.07. The summed E-state index contributed by atoms with van der Waals surface area (Å²) in [5, 5.41) is -1.07. The monoisotopic (exact) mass is 198 g/mol. The van der Waals surface area contributed by atoms with E-state index < -0.39 is 5.14 Å². The zero-order valence-corrected chi connectivity index (χ0v) is 8.08. The minimum atomic E-state index is -1.07. The van der Waals surface area contributed by atoms with Crippen LogP contribution in [0.2, 0.25) is 0 Å². The maximum atomic E-state index is 4.78. The van der Waals surface area contributed by atoms with E-state index >= 15 is 0 Å². The first-order chi connectivity index (χ1) is 6.24. The van der Waals surface area contributed by atoms with Gasteiger partial charge in [0.2, 0.25) is 0 Å². The Morgan fingerprint density at radius 2 is 0.846 bits per heavy atom. The number of quaternary nitrogens is 1. The summed E-state index contributed by atoms with van der Waals surface area (Å²) >= 11 is 0. The van der Waals surface area contributed by atoms with Gasteiger partial charge in [-0.15, -0.1) is 21.9 Å². The van der Waals surface area contributed by atoms with E-state index in [-0.39, 0.29) is 0 Å². The number of hydrogen-bond acceptors (Lipinski definition) is 8. The summed E-state index contributed by atoms with van der Waals surface area (Å²) in [6, 6.07) is 0. The van der Waals surface area contributed by atoms with Crippen molar-refractivity contribution in [2.45, 2.75) is 0 Å². The molecule has 9 heteroatoms. The molecule has 9 nitrogen and oxygen atoms in total. The van der Waals surface area contributed by atoms with Crippen molar-refractivity contribution in [3.63, 3.8) is 0 Å². The summed E-state index contributed by atoms with van der Waals surface area (Å²) < 4.78 is 0. The highest BCUT2D eigenvalue weighted by atomic mass is 17.5. The maximum absolute atomic E-state index is 4.78. The number of hydrogen-bond donors (Lipinski definition) is 4. The van der Waals surface area contributed by atoms with Gasteiger partial charge in [0.15, 0.2) is 0 Å². The third-order valence-electron chi connectivity index (χ3n) is 0.812. The van der Waals surface area contributed by atoms with Gasteiger partial charge < -0.3 is 0 Å². The summed E-state index contributed by atoms with van der Waals surface area (Å²) in [7, 11) is 6.07. The van der Waals surface area contributed by atoms with Crippen molar-refractivity contribution in [3.8, 4) is 0 Å². The van der Waals surface area contributed by atoms with E-state index in [0.29, 0.717) is 0 Å². The van der Waals surface area contributed by atoms with Crippen LogP contribution in [0.5, 0.6) is 0 Å². The summed E-state index contributed by atoms with van der Waals surface area (Å²) in [6.07, 6.45) is 0. The first-order valence-electron chi connectivity index (χ1n) is 3.55. The SMILES string of the molecule is CNO[N+](ONC)(ONC)ONC. The molecule has 4 N–H and O–H groups in total. The molecule has 0 atom stereocenters. The molecule has 0 aliphatic carbocycles. The average Bonchev–Trinajstić information content (AvgIpc) is 2.06. The molecule has 0 saturated carbocycles. The van der Waals surface area contributed by atoms with Crippen LogP contribution in [0, 0.1) is 0 Å². The largest absolute Gasteiger partial charge is 0.320 e. The summed E-state index contributed by atoms with van der Waals surface area (Å²) in [4.78, 5) is 19.1. The van der Waals surface area contributed by atoms with Crippen molar-refractivity contribution in [1.82, 2.24) is 21.9 Å². The second-order valence-corrected chi connectivity index (χ2v) is 1.63. The van der Waals surface area contributed by atoms with Gasteiger partial charge in [-0.2, -0.15) is 0 Å². The summed E-state index contributed by atoms with van der Waals surface area (Å²) in [5.74, 6) is 0. The lowest BCUT2D eigenvalue weighted by Gasteiger charge is -2.20. The molecule has 0 rings (SSSR count). The van der Waals surface area contributed by atoms with Gasteiger partial charge in [-0.25, -0.2) is 0 Å². The lowest BCUT2D eigenvalue weighted by molar-refractivity contribution is -1.49. The highest BCUT2D eigenvalue weighted by Crippen LogP contribution is 2.05. The van der Waals surface area contributed by atoms with Crippen LogP contribution < -0.4 is 21.9 Å². The Hall–Kier alpha value is -0.360. The molecule has 0 aromatic carbocycles. The number of nitrogens with one attached hydrogen (secondary N) is 4. The van der Waals surface area contributed by atoms with E-state index in [2.05, 4.69) is 21.9 Å². The third kappa shape index (κ3) is 4.42. The highest BCUT2D eigenvalue weighted by Gasteiger charge is 2.41. The van der Waals surface area contributed by atoms with Gasteiger partial charge >= 0.3 is 5.14 Å². The number of nitrogens with zero attached hydrogens (tertiary/aromatic N) is 1. The van der Waals surface area contributed by atoms with Crippen LogP contribution in [0.25, 0.3) is 0 Å². The molecule has 0 bridgehead atoms. The molecule has 80 valence electrons. The molecule has 0 heterocycles. The number of rotatable bonds is 8. The zero-order valence-electron chi connectivity index (χ0n) is 8.08. The predicted molar refractivity (Wildman–Crippen MR) is 40.8 cm³/mol. The molecule has 0 unspecified atom stereocenters. The van der Waals surface area contributed by atoms with E-state index in [1.165, 1.54) is 28.2 Å². The topological polar surface area (TPSA) is 85.0 Å². The Balaban J connectivity index is 4.19. The molecule has 0 radical (unpaired) electrons. The fraction of sp³-hybridized carbons (Fsp3) is 1.00. The fourth-order valence-electron chi connectivity index (χ4n) is 0.559. The van der Waals surface area contributed by atoms with Crippen LogP contribution in [-0.2, 0) is 19.8 Å². The van der Waals surface area contributed by atoms with Gasteiger partial charge in [0.25, 0.3) is 0 Å². The van der Waals surface area contributed by atoms with Crippen molar-refractivity contribution >= 4 is 0 Å². The van der Waals surface area contributed by atoms with Crippen LogP contribution >= 0.6 is 0 Å². The lowest BCUT2D eigenvalue weighted by atomic mass is 11.5. The smallest absolute Gasteiger partial charge is 0.139 e. The Kier molecular flexibility index (Phi) is 6.89. The summed E-state index contributed by atoms with van der Waals surface area (Å²) in [5.41, 5.74) is 9.36. The van der Waals surface area contributed by atoms with E-state index in [0.717, 1.165) is 0 Å². The van der Waals surface area contributed by atoms with Gasteiger partial charge in [0.1, 0.15) is 0 Å². The van der Waals surface area contributed by atoms with E-state index in [4.69, 9.17) is 19.8 Å². The maximum Gasteiger partial charge on any atom is 0.320 e. The minimum Gasteiger partial charge on any atom is -0.139 e. The summed E-state index contributed by atoms with van der Waals surface area (Å²) in [6.45, 7) is 0.